The molecule has 82 valence electrons. The summed E-state index contributed by atoms with van der Waals surface area (Å²) in [6, 6.07) is 0. The molecule has 1 fully saturated rings. The van der Waals surface area contributed by atoms with E-state index in [1.54, 1.807) is 4.90 Å². The van der Waals surface area contributed by atoms with Crippen molar-refractivity contribution >= 4 is 5.84 Å². The zero-order valence-corrected chi connectivity index (χ0v) is 7.77. The minimum absolute atomic E-state index is 0.168. The molecule has 6 heteroatoms. The molecule has 0 aliphatic carbocycles. The summed E-state index contributed by atoms with van der Waals surface area (Å²) in [6.45, 7) is 1.19. The van der Waals surface area contributed by atoms with Gasteiger partial charge in [-0.3, -0.25) is 5.41 Å². The number of halogens is 3. The molecule has 1 aliphatic rings. The predicted octanol–water partition coefficient (Wildman–Crippen LogP) is 1.20. The monoisotopic (exact) mass is 209 g/mol. The maximum Gasteiger partial charge on any atom is 0.399 e. The number of rotatable bonds is 3. The summed E-state index contributed by atoms with van der Waals surface area (Å²) in [7, 11) is 0. The van der Waals surface area contributed by atoms with E-state index in [1.807, 2.05) is 0 Å². The van der Waals surface area contributed by atoms with Gasteiger partial charge in [0.15, 0.2) is 0 Å². The molecule has 0 bridgehead atoms. The molecule has 0 aromatic heterocycles. The molecule has 1 saturated heterocycles. The Hall–Kier alpha value is -0.780. The Labute approximate surface area is 80.6 Å². The first kappa shape index (κ1) is 11.3. The Kier molecular flexibility index (Phi) is 3.36. The first-order valence-corrected chi connectivity index (χ1v) is 4.54. The van der Waals surface area contributed by atoms with Crippen molar-refractivity contribution in [1.82, 2.24) is 4.90 Å². The van der Waals surface area contributed by atoms with Gasteiger partial charge in [0.25, 0.3) is 0 Å². The Morgan fingerprint density at radius 2 is 1.86 bits per heavy atom. The van der Waals surface area contributed by atoms with Gasteiger partial charge in [-0.15, -0.1) is 0 Å². The standard InChI is InChI=1S/C8H14F3N3/c9-8(10,11)6(7(12)13)5-14-3-1-2-4-14/h6H,1-5H2,(H3,12,13). The molecule has 14 heavy (non-hydrogen) atoms. The lowest BCUT2D eigenvalue weighted by Crippen LogP contribution is -2.43. The number of alkyl halides is 3. The van der Waals surface area contributed by atoms with Crippen molar-refractivity contribution < 1.29 is 13.2 Å². The van der Waals surface area contributed by atoms with Crippen LogP contribution in [-0.4, -0.2) is 36.5 Å². The molecule has 0 aromatic carbocycles. The van der Waals surface area contributed by atoms with Gasteiger partial charge in [-0.1, -0.05) is 0 Å². The average molecular weight is 209 g/mol. The van der Waals surface area contributed by atoms with Crippen LogP contribution in [0, 0.1) is 11.3 Å². The van der Waals surface area contributed by atoms with E-state index in [-0.39, 0.29) is 6.54 Å². The van der Waals surface area contributed by atoms with Crippen molar-refractivity contribution in [1.29, 1.82) is 5.41 Å². The van der Waals surface area contributed by atoms with E-state index in [0.717, 1.165) is 12.8 Å². The van der Waals surface area contributed by atoms with Crippen LogP contribution in [-0.2, 0) is 0 Å². The van der Waals surface area contributed by atoms with Crippen LogP contribution in [0.4, 0.5) is 13.2 Å². The Morgan fingerprint density at radius 1 is 1.36 bits per heavy atom. The highest BCUT2D eigenvalue weighted by molar-refractivity contribution is 5.80. The average Bonchev–Trinajstić information content (AvgIpc) is 2.48. The van der Waals surface area contributed by atoms with Crippen molar-refractivity contribution in [2.75, 3.05) is 19.6 Å². The normalized spacial score (nSPS) is 21.1. The fourth-order valence-electron chi connectivity index (χ4n) is 1.60. The molecule has 3 nitrogen and oxygen atoms in total. The van der Waals surface area contributed by atoms with Crippen molar-refractivity contribution in [2.24, 2.45) is 11.7 Å². The lowest BCUT2D eigenvalue weighted by Gasteiger charge is -2.24. The van der Waals surface area contributed by atoms with Crippen LogP contribution in [0.3, 0.4) is 0 Å². The molecule has 0 spiro atoms. The smallest absolute Gasteiger partial charge is 0.387 e. The molecule has 1 heterocycles. The second-order valence-corrected chi connectivity index (χ2v) is 3.56. The minimum Gasteiger partial charge on any atom is -0.387 e. The Balaban J connectivity index is 2.55. The zero-order valence-electron chi connectivity index (χ0n) is 7.77. The van der Waals surface area contributed by atoms with Gasteiger partial charge in [0.05, 0.1) is 0 Å². The summed E-state index contributed by atoms with van der Waals surface area (Å²) in [5, 5.41) is 6.90. The maximum atomic E-state index is 12.4. The van der Waals surface area contributed by atoms with Crippen molar-refractivity contribution in [3.8, 4) is 0 Å². The lowest BCUT2D eigenvalue weighted by molar-refractivity contribution is -0.159. The van der Waals surface area contributed by atoms with E-state index in [9.17, 15) is 13.2 Å². The second-order valence-electron chi connectivity index (χ2n) is 3.56. The highest BCUT2D eigenvalue weighted by atomic mass is 19.4. The number of nitrogens with one attached hydrogen (secondary N) is 1. The first-order valence-electron chi connectivity index (χ1n) is 4.54. The van der Waals surface area contributed by atoms with Gasteiger partial charge in [-0.25, -0.2) is 0 Å². The Morgan fingerprint density at radius 3 is 2.21 bits per heavy atom. The highest BCUT2D eigenvalue weighted by Gasteiger charge is 2.42. The summed E-state index contributed by atoms with van der Waals surface area (Å²) >= 11 is 0. The zero-order chi connectivity index (χ0) is 10.8. The Bertz CT molecular complexity index is 208. The SMILES string of the molecule is N=C(N)C(CN1CCCC1)C(F)(F)F. The third kappa shape index (κ3) is 2.87. The van der Waals surface area contributed by atoms with E-state index < -0.39 is 17.9 Å². The first-order chi connectivity index (χ1) is 6.41. The second kappa shape index (κ2) is 4.16. The van der Waals surface area contributed by atoms with Gasteiger partial charge < -0.3 is 10.6 Å². The van der Waals surface area contributed by atoms with E-state index in [0.29, 0.717) is 13.1 Å². The van der Waals surface area contributed by atoms with Crippen LogP contribution in [0.25, 0.3) is 0 Å². The molecule has 0 saturated carbocycles. The van der Waals surface area contributed by atoms with Crippen molar-refractivity contribution in [3.05, 3.63) is 0 Å². The molecule has 3 N–H and O–H groups in total. The van der Waals surface area contributed by atoms with Crippen molar-refractivity contribution in [2.45, 2.75) is 19.0 Å². The summed E-state index contributed by atoms with van der Waals surface area (Å²) in [6.07, 6.45) is -2.53. The third-order valence-corrected chi connectivity index (χ3v) is 2.41. The number of hydrogen-bond donors (Lipinski definition) is 2. The van der Waals surface area contributed by atoms with E-state index >= 15 is 0 Å². The summed E-state index contributed by atoms with van der Waals surface area (Å²) < 4.78 is 37.1. The highest BCUT2D eigenvalue weighted by Crippen LogP contribution is 2.27. The molecule has 0 amide bonds. The fourth-order valence-corrected chi connectivity index (χ4v) is 1.60. The molecule has 1 unspecified atom stereocenters. The summed E-state index contributed by atoms with van der Waals surface area (Å²) in [5.74, 6) is -2.59. The van der Waals surface area contributed by atoms with Gasteiger partial charge in [0.1, 0.15) is 11.8 Å². The minimum atomic E-state index is -4.39. The lowest BCUT2D eigenvalue weighted by atomic mass is 10.1. The summed E-state index contributed by atoms with van der Waals surface area (Å²) in [4.78, 5) is 1.71. The van der Waals surface area contributed by atoms with Gasteiger partial charge in [-0.05, 0) is 25.9 Å². The summed E-state index contributed by atoms with van der Waals surface area (Å²) in [5.41, 5.74) is 4.94. The number of likely N-dealkylation sites (tertiary alicyclic amines) is 1. The van der Waals surface area contributed by atoms with Crippen LogP contribution < -0.4 is 5.73 Å². The number of nitrogens with two attached hydrogens (primary N) is 1. The fraction of sp³-hybridized carbons (Fsp3) is 0.875. The predicted molar refractivity (Wildman–Crippen MR) is 47.1 cm³/mol. The molecule has 1 aliphatic heterocycles. The third-order valence-electron chi connectivity index (χ3n) is 2.41. The van der Waals surface area contributed by atoms with Gasteiger partial charge in [0.2, 0.25) is 0 Å². The van der Waals surface area contributed by atoms with Crippen LogP contribution in [0.5, 0.6) is 0 Å². The van der Waals surface area contributed by atoms with Crippen LogP contribution in [0.1, 0.15) is 12.8 Å². The van der Waals surface area contributed by atoms with Crippen LogP contribution >= 0.6 is 0 Å². The molecule has 0 radical (unpaired) electrons. The molecule has 0 aromatic rings. The van der Waals surface area contributed by atoms with Crippen molar-refractivity contribution in [3.63, 3.8) is 0 Å². The number of amidine groups is 1. The van der Waals surface area contributed by atoms with Gasteiger partial charge in [-0.2, -0.15) is 13.2 Å². The quantitative estimate of drug-likeness (QED) is 0.542. The van der Waals surface area contributed by atoms with E-state index in [1.165, 1.54) is 0 Å². The van der Waals surface area contributed by atoms with Crippen LogP contribution in [0.15, 0.2) is 0 Å². The van der Waals surface area contributed by atoms with E-state index in [2.05, 4.69) is 0 Å². The number of nitrogens with zero attached hydrogens (tertiary/aromatic N) is 1. The molecular weight excluding hydrogens is 195 g/mol. The number of hydrogen-bond acceptors (Lipinski definition) is 2. The molecular formula is C8H14F3N3. The topological polar surface area (TPSA) is 53.1 Å². The maximum absolute atomic E-state index is 12.4. The molecule has 1 rings (SSSR count). The van der Waals surface area contributed by atoms with Crippen LogP contribution in [0.2, 0.25) is 0 Å². The van der Waals surface area contributed by atoms with E-state index in [4.69, 9.17) is 11.1 Å². The van der Waals surface area contributed by atoms with Gasteiger partial charge >= 0.3 is 6.18 Å². The largest absolute Gasteiger partial charge is 0.399 e. The molecule has 1 atom stereocenters. The van der Waals surface area contributed by atoms with Gasteiger partial charge in [0, 0.05) is 6.54 Å².